The first-order valence-electron chi connectivity index (χ1n) is 10.0. The minimum atomic E-state index is -3.44. The van der Waals surface area contributed by atoms with Gasteiger partial charge < -0.3 is 9.84 Å². The number of aliphatic hydroxyl groups excluding tert-OH is 1. The molecule has 1 fully saturated rings. The van der Waals surface area contributed by atoms with E-state index in [0.29, 0.717) is 18.8 Å². The van der Waals surface area contributed by atoms with Gasteiger partial charge in [-0.05, 0) is 30.2 Å². The molecule has 8 nitrogen and oxygen atoms in total. The summed E-state index contributed by atoms with van der Waals surface area (Å²) >= 11 is 1.54. The third-order valence-corrected chi connectivity index (χ3v) is 6.25. The fourth-order valence-electron chi connectivity index (χ4n) is 3.39. The Morgan fingerprint density at radius 1 is 1.31 bits per heavy atom. The molecule has 0 saturated carbocycles. The van der Waals surface area contributed by atoms with E-state index in [-0.39, 0.29) is 12.2 Å². The number of alkyl halides is 2. The molecule has 0 aliphatic carbocycles. The average Bonchev–Trinajstić information content (AvgIpc) is 3.55. The molecule has 2 atom stereocenters. The van der Waals surface area contributed by atoms with Crippen LogP contribution in [-0.4, -0.2) is 62.0 Å². The number of tetrazole rings is 1. The van der Waals surface area contributed by atoms with Gasteiger partial charge >= 0.3 is 12.0 Å². The topological polar surface area (TPSA) is 104 Å². The predicted octanol–water partition coefficient (Wildman–Crippen LogP) is 3.39. The molecule has 2 aromatic heterocycles. The molecular formula is C21H21F2N5O3S. The number of aryl methyl sites for hydroxylation is 1. The number of cyclic esters (lactones) is 1. The molecule has 1 aliphatic heterocycles. The monoisotopic (exact) mass is 461 g/mol. The van der Waals surface area contributed by atoms with Gasteiger partial charge in [0.25, 0.3) is 0 Å². The highest BCUT2D eigenvalue weighted by atomic mass is 32.1. The lowest BCUT2D eigenvalue weighted by Gasteiger charge is -2.22. The predicted molar refractivity (Wildman–Crippen MR) is 113 cm³/mol. The quantitative estimate of drug-likeness (QED) is 0.474. The lowest BCUT2D eigenvalue weighted by molar-refractivity contribution is -0.0929. The lowest BCUT2D eigenvalue weighted by Crippen LogP contribution is -2.34. The second kappa shape index (κ2) is 9.53. The molecule has 1 amide bonds. The van der Waals surface area contributed by atoms with E-state index in [9.17, 15) is 18.7 Å². The van der Waals surface area contributed by atoms with Gasteiger partial charge in [-0.1, -0.05) is 42.5 Å². The summed E-state index contributed by atoms with van der Waals surface area (Å²) in [6.07, 6.45) is 1.31. The van der Waals surface area contributed by atoms with Gasteiger partial charge in [-0.25, -0.2) is 4.79 Å². The highest BCUT2D eigenvalue weighted by Crippen LogP contribution is 2.32. The largest absolute Gasteiger partial charge is 0.447 e. The van der Waals surface area contributed by atoms with Crippen LogP contribution in [0.1, 0.15) is 16.9 Å². The molecule has 1 aliphatic rings. The SMILES string of the molecule is O=C1OCC(C=CC(O)C(F)(F)c2ccccc2)N1CCCc1ccc(-c2nn[nH]n2)s1. The van der Waals surface area contributed by atoms with Gasteiger partial charge in [0.1, 0.15) is 12.7 Å². The van der Waals surface area contributed by atoms with Gasteiger partial charge in [-0.2, -0.15) is 14.0 Å². The molecule has 1 aromatic carbocycles. The zero-order valence-electron chi connectivity index (χ0n) is 16.9. The lowest BCUT2D eigenvalue weighted by atomic mass is 10.0. The van der Waals surface area contributed by atoms with Crippen LogP contribution in [0.4, 0.5) is 13.6 Å². The molecule has 0 spiro atoms. The van der Waals surface area contributed by atoms with Crippen LogP contribution in [0.15, 0.2) is 54.6 Å². The standard InChI is InChI=1S/C21H21F2N5O3S/c22-21(23,14-5-2-1-3-6-14)18(29)11-8-15-13-31-20(30)28(15)12-4-7-16-9-10-17(32-16)19-24-26-27-25-19/h1-3,5-6,8-11,15,18,29H,4,7,12-13H2,(H,24,25,26,27). The molecule has 3 heterocycles. The van der Waals surface area contributed by atoms with Crippen LogP contribution >= 0.6 is 11.3 Å². The summed E-state index contributed by atoms with van der Waals surface area (Å²) in [5.41, 5.74) is -0.274. The summed E-state index contributed by atoms with van der Waals surface area (Å²) in [6.45, 7) is 0.453. The van der Waals surface area contributed by atoms with E-state index >= 15 is 0 Å². The van der Waals surface area contributed by atoms with Gasteiger partial charge in [0.15, 0.2) is 0 Å². The van der Waals surface area contributed by atoms with E-state index in [4.69, 9.17) is 4.74 Å². The molecule has 168 valence electrons. The molecule has 0 bridgehead atoms. The zero-order chi connectivity index (χ0) is 22.6. The first-order valence-corrected chi connectivity index (χ1v) is 10.8. The number of benzene rings is 1. The van der Waals surface area contributed by atoms with E-state index in [0.717, 1.165) is 22.3 Å². The van der Waals surface area contributed by atoms with E-state index < -0.39 is 24.2 Å². The van der Waals surface area contributed by atoms with Gasteiger partial charge in [-0.15, -0.1) is 21.5 Å². The van der Waals surface area contributed by atoms with Crippen molar-refractivity contribution < 1.29 is 23.4 Å². The van der Waals surface area contributed by atoms with Gasteiger partial charge in [0, 0.05) is 17.0 Å². The van der Waals surface area contributed by atoms with Crippen molar-refractivity contribution in [3.63, 3.8) is 0 Å². The Morgan fingerprint density at radius 3 is 2.88 bits per heavy atom. The Kier molecular flexibility index (Phi) is 6.56. The van der Waals surface area contributed by atoms with Crippen LogP contribution in [0.25, 0.3) is 10.7 Å². The second-order valence-corrected chi connectivity index (χ2v) is 8.43. The van der Waals surface area contributed by atoms with Crippen LogP contribution < -0.4 is 0 Å². The zero-order valence-corrected chi connectivity index (χ0v) is 17.7. The molecule has 2 N–H and O–H groups in total. The van der Waals surface area contributed by atoms with Crippen LogP contribution in [0.5, 0.6) is 0 Å². The molecule has 1 saturated heterocycles. The fourth-order valence-corrected chi connectivity index (χ4v) is 4.37. The van der Waals surface area contributed by atoms with E-state index in [1.54, 1.807) is 6.07 Å². The number of amides is 1. The minimum absolute atomic E-state index is 0.0555. The number of carbonyl (C=O) groups excluding carboxylic acids is 1. The Bertz CT molecular complexity index is 1060. The van der Waals surface area contributed by atoms with Crippen LogP contribution in [0.2, 0.25) is 0 Å². The number of halogens is 2. The van der Waals surface area contributed by atoms with Gasteiger partial charge in [-0.3, -0.25) is 4.90 Å². The number of nitrogens with one attached hydrogen (secondary N) is 1. The maximum absolute atomic E-state index is 14.5. The summed E-state index contributed by atoms with van der Waals surface area (Å²) in [6, 6.07) is 10.5. The Morgan fingerprint density at radius 2 is 2.12 bits per heavy atom. The summed E-state index contributed by atoms with van der Waals surface area (Å²) in [4.78, 5) is 15.6. The second-order valence-electron chi connectivity index (χ2n) is 7.26. The fraction of sp³-hybridized carbons (Fsp3) is 0.333. The van der Waals surface area contributed by atoms with Crippen LogP contribution in [0, 0.1) is 0 Å². The minimum Gasteiger partial charge on any atom is -0.447 e. The Labute approximate surface area is 186 Å². The summed E-state index contributed by atoms with van der Waals surface area (Å²) in [5, 5.41) is 23.9. The van der Waals surface area contributed by atoms with E-state index in [2.05, 4.69) is 20.6 Å². The van der Waals surface area contributed by atoms with Crippen molar-refractivity contribution in [3.8, 4) is 10.7 Å². The molecular weight excluding hydrogens is 440 g/mol. The normalized spacial score (nSPS) is 17.8. The number of rotatable bonds is 9. The summed E-state index contributed by atoms with van der Waals surface area (Å²) in [5.74, 6) is -2.91. The maximum Gasteiger partial charge on any atom is 0.410 e. The van der Waals surface area contributed by atoms with Crippen molar-refractivity contribution in [3.05, 3.63) is 65.1 Å². The van der Waals surface area contributed by atoms with Crippen molar-refractivity contribution in [1.82, 2.24) is 25.5 Å². The smallest absolute Gasteiger partial charge is 0.410 e. The number of aromatic amines is 1. The van der Waals surface area contributed by atoms with Crippen molar-refractivity contribution in [2.75, 3.05) is 13.2 Å². The molecule has 11 heteroatoms. The molecule has 32 heavy (non-hydrogen) atoms. The van der Waals surface area contributed by atoms with E-state index in [1.165, 1.54) is 46.6 Å². The van der Waals surface area contributed by atoms with Crippen molar-refractivity contribution >= 4 is 17.4 Å². The number of ether oxygens (including phenoxy) is 1. The Hall–Kier alpha value is -3.18. The number of hydrogen-bond acceptors (Lipinski definition) is 7. The van der Waals surface area contributed by atoms with Crippen molar-refractivity contribution in [2.24, 2.45) is 0 Å². The first kappa shape index (κ1) is 22.0. The average molecular weight is 461 g/mol. The molecule has 3 aromatic rings. The highest BCUT2D eigenvalue weighted by Gasteiger charge is 2.39. The number of nitrogens with zero attached hydrogens (tertiary/aromatic N) is 4. The summed E-state index contributed by atoms with van der Waals surface area (Å²) < 4.78 is 34.0. The molecule has 4 rings (SSSR count). The number of hydrogen-bond donors (Lipinski definition) is 2. The van der Waals surface area contributed by atoms with Crippen molar-refractivity contribution in [1.29, 1.82) is 0 Å². The number of aromatic nitrogens is 4. The molecule has 2 unspecified atom stereocenters. The number of thiophene rings is 1. The third-order valence-electron chi connectivity index (χ3n) is 5.11. The third kappa shape index (κ3) is 4.83. The number of carbonyl (C=O) groups is 1. The van der Waals surface area contributed by atoms with Crippen LogP contribution in [0.3, 0.4) is 0 Å². The molecule has 0 radical (unpaired) electrons. The maximum atomic E-state index is 14.5. The number of H-pyrrole nitrogens is 1. The first-order chi connectivity index (χ1) is 15.4. The number of aliphatic hydroxyl groups is 1. The highest BCUT2D eigenvalue weighted by molar-refractivity contribution is 7.15. The van der Waals surface area contributed by atoms with Crippen LogP contribution in [-0.2, 0) is 17.1 Å². The Balaban J connectivity index is 1.33. The van der Waals surface area contributed by atoms with E-state index in [1.807, 2.05) is 12.1 Å². The summed E-state index contributed by atoms with van der Waals surface area (Å²) in [7, 11) is 0. The van der Waals surface area contributed by atoms with Gasteiger partial charge in [0.2, 0.25) is 5.82 Å². The van der Waals surface area contributed by atoms with Crippen molar-refractivity contribution in [2.45, 2.75) is 30.9 Å². The van der Waals surface area contributed by atoms with Gasteiger partial charge in [0.05, 0.1) is 10.9 Å².